The molecule has 1 aromatic carbocycles. The van der Waals surface area contributed by atoms with Crippen molar-refractivity contribution in [1.82, 2.24) is 0 Å². The molecule has 1 atom stereocenters. The summed E-state index contributed by atoms with van der Waals surface area (Å²) >= 11 is 0. The molecular formula is C15H17NO3. The molecule has 0 saturated heterocycles. The molecule has 19 heavy (non-hydrogen) atoms. The second-order valence-corrected chi connectivity index (χ2v) is 4.81. The third kappa shape index (κ3) is 3.22. The molecule has 1 aliphatic rings. The fourth-order valence-corrected chi connectivity index (χ4v) is 2.21. The first-order chi connectivity index (χ1) is 9.08. The van der Waals surface area contributed by atoms with E-state index in [4.69, 9.17) is 5.11 Å². The van der Waals surface area contributed by atoms with Crippen molar-refractivity contribution in [3.8, 4) is 0 Å². The van der Waals surface area contributed by atoms with Gasteiger partial charge in [0.25, 0.3) is 0 Å². The summed E-state index contributed by atoms with van der Waals surface area (Å²) in [5, 5.41) is 11.8. The average molecular weight is 259 g/mol. The van der Waals surface area contributed by atoms with Gasteiger partial charge in [-0.05, 0) is 43.9 Å². The smallest absolute Gasteiger partial charge is 0.336 e. The van der Waals surface area contributed by atoms with Crippen molar-refractivity contribution in [2.24, 2.45) is 5.92 Å². The number of carbonyl (C=O) groups excluding carboxylic acids is 1. The summed E-state index contributed by atoms with van der Waals surface area (Å²) in [5.74, 6) is -1.03. The summed E-state index contributed by atoms with van der Waals surface area (Å²) < 4.78 is 0. The molecule has 0 spiro atoms. The van der Waals surface area contributed by atoms with Crippen molar-refractivity contribution in [1.29, 1.82) is 0 Å². The first kappa shape index (κ1) is 13.3. The van der Waals surface area contributed by atoms with E-state index in [1.807, 2.05) is 6.08 Å². The average Bonchev–Trinajstić information content (AvgIpc) is 2.41. The molecular weight excluding hydrogens is 242 g/mol. The first-order valence-electron chi connectivity index (χ1n) is 6.37. The maximum Gasteiger partial charge on any atom is 0.336 e. The van der Waals surface area contributed by atoms with Crippen molar-refractivity contribution in [3.05, 3.63) is 41.5 Å². The number of nitrogens with one attached hydrogen (secondary N) is 1. The van der Waals surface area contributed by atoms with Gasteiger partial charge in [0, 0.05) is 11.6 Å². The highest BCUT2D eigenvalue weighted by atomic mass is 16.4. The Morgan fingerprint density at radius 2 is 2.11 bits per heavy atom. The van der Waals surface area contributed by atoms with Crippen LogP contribution in [0, 0.1) is 12.8 Å². The minimum absolute atomic E-state index is 0.0143. The molecule has 0 radical (unpaired) electrons. The number of carboxylic acids is 1. The van der Waals surface area contributed by atoms with Gasteiger partial charge >= 0.3 is 5.97 Å². The van der Waals surface area contributed by atoms with E-state index in [9.17, 15) is 9.59 Å². The molecule has 1 aromatic rings. The molecule has 0 fully saturated rings. The summed E-state index contributed by atoms with van der Waals surface area (Å²) in [7, 11) is 0. The van der Waals surface area contributed by atoms with Crippen molar-refractivity contribution in [2.45, 2.75) is 26.2 Å². The van der Waals surface area contributed by atoms with Crippen LogP contribution in [0.2, 0.25) is 0 Å². The Hall–Kier alpha value is -2.10. The standard InChI is InChI=1S/C15H17NO3/c1-10-7-8-12(9-13(10)15(18)19)16-14(17)11-5-3-2-4-6-11/h2-3,7-9,11H,4-6H2,1H3,(H,16,17)(H,18,19). The topological polar surface area (TPSA) is 66.4 Å². The molecule has 1 amide bonds. The Morgan fingerprint density at radius 3 is 2.74 bits per heavy atom. The highest BCUT2D eigenvalue weighted by Crippen LogP contribution is 2.21. The molecule has 0 aromatic heterocycles. The van der Waals surface area contributed by atoms with Crippen molar-refractivity contribution < 1.29 is 14.7 Å². The fraction of sp³-hybridized carbons (Fsp3) is 0.333. The molecule has 1 aliphatic carbocycles. The predicted octanol–water partition coefficient (Wildman–Crippen LogP) is 2.99. The van der Waals surface area contributed by atoms with Crippen LogP contribution in [-0.2, 0) is 4.79 Å². The summed E-state index contributed by atoms with van der Waals surface area (Å²) in [6.45, 7) is 1.74. The van der Waals surface area contributed by atoms with E-state index in [0.717, 1.165) is 19.3 Å². The highest BCUT2D eigenvalue weighted by Gasteiger charge is 2.19. The van der Waals surface area contributed by atoms with Gasteiger partial charge in [0.15, 0.2) is 0 Å². The Balaban J connectivity index is 2.10. The van der Waals surface area contributed by atoms with Gasteiger partial charge < -0.3 is 10.4 Å². The summed E-state index contributed by atoms with van der Waals surface area (Å²) in [5.41, 5.74) is 1.45. The normalized spacial score (nSPS) is 18.1. The van der Waals surface area contributed by atoms with E-state index in [0.29, 0.717) is 11.3 Å². The SMILES string of the molecule is Cc1ccc(NC(=O)C2CC=CCC2)cc1C(=O)O. The van der Waals surface area contributed by atoms with Crippen LogP contribution in [0.5, 0.6) is 0 Å². The summed E-state index contributed by atoms with van der Waals surface area (Å²) in [6, 6.07) is 4.95. The molecule has 4 nitrogen and oxygen atoms in total. The lowest BCUT2D eigenvalue weighted by Gasteiger charge is -2.17. The van der Waals surface area contributed by atoms with Gasteiger partial charge in [0.2, 0.25) is 5.91 Å². The number of rotatable bonds is 3. The number of allylic oxidation sites excluding steroid dienone is 2. The number of hydrogen-bond acceptors (Lipinski definition) is 2. The van der Waals surface area contributed by atoms with Gasteiger partial charge in [-0.25, -0.2) is 4.79 Å². The molecule has 0 bridgehead atoms. The van der Waals surface area contributed by atoms with E-state index in [-0.39, 0.29) is 17.4 Å². The number of benzene rings is 1. The lowest BCUT2D eigenvalue weighted by Crippen LogP contribution is -2.23. The zero-order valence-electron chi connectivity index (χ0n) is 10.8. The zero-order valence-corrected chi connectivity index (χ0v) is 10.8. The molecule has 0 heterocycles. The number of amides is 1. The predicted molar refractivity (Wildman–Crippen MR) is 73.2 cm³/mol. The van der Waals surface area contributed by atoms with E-state index in [2.05, 4.69) is 11.4 Å². The van der Waals surface area contributed by atoms with E-state index < -0.39 is 5.97 Å². The van der Waals surface area contributed by atoms with Gasteiger partial charge in [-0.1, -0.05) is 18.2 Å². The molecule has 0 saturated carbocycles. The number of carboxylic acid groups (broad SMARTS) is 1. The highest BCUT2D eigenvalue weighted by molar-refractivity contribution is 5.95. The first-order valence-corrected chi connectivity index (χ1v) is 6.37. The van der Waals surface area contributed by atoms with Gasteiger partial charge in [-0.2, -0.15) is 0 Å². The quantitative estimate of drug-likeness (QED) is 0.820. The fourth-order valence-electron chi connectivity index (χ4n) is 2.21. The molecule has 4 heteroatoms. The number of hydrogen-bond donors (Lipinski definition) is 2. The van der Waals surface area contributed by atoms with Crippen LogP contribution in [0.25, 0.3) is 0 Å². The minimum Gasteiger partial charge on any atom is -0.478 e. The molecule has 100 valence electrons. The molecule has 2 N–H and O–H groups in total. The van der Waals surface area contributed by atoms with E-state index >= 15 is 0 Å². The maximum atomic E-state index is 12.0. The van der Waals surface area contributed by atoms with Crippen LogP contribution in [-0.4, -0.2) is 17.0 Å². The summed E-state index contributed by atoms with van der Waals surface area (Å²) in [6.07, 6.45) is 6.62. The zero-order chi connectivity index (χ0) is 13.8. The van der Waals surface area contributed by atoms with Crippen LogP contribution in [0.3, 0.4) is 0 Å². The monoisotopic (exact) mass is 259 g/mol. The van der Waals surface area contributed by atoms with Crippen LogP contribution in [0.1, 0.15) is 35.2 Å². The lowest BCUT2D eigenvalue weighted by atomic mass is 9.93. The van der Waals surface area contributed by atoms with Crippen LogP contribution in [0.4, 0.5) is 5.69 Å². The molecule has 2 rings (SSSR count). The van der Waals surface area contributed by atoms with Gasteiger partial charge in [-0.3, -0.25) is 4.79 Å². The van der Waals surface area contributed by atoms with Crippen LogP contribution >= 0.6 is 0 Å². The van der Waals surface area contributed by atoms with Crippen molar-refractivity contribution in [2.75, 3.05) is 5.32 Å². The number of carbonyl (C=O) groups is 2. The van der Waals surface area contributed by atoms with E-state index in [1.54, 1.807) is 19.1 Å². The number of aromatic carboxylic acids is 1. The maximum absolute atomic E-state index is 12.0. The largest absolute Gasteiger partial charge is 0.478 e. The molecule has 1 unspecified atom stereocenters. The lowest BCUT2D eigenvalue weighted by molar-refractivity contribution is -0.120. The van der Waals surface area contributed by atoms with Gasteiger partial charge in [0.1, 0.15) is 0 Å². The second-order valence-electron chi connectivity index (χ2n) is 4.81. The summed E-state index contributed by atoms with van der Waals surface area (Å²) in [4.78, 5) is 23.1. The van der Waals surface area contributed by atoms with Gasteiger partial charge in [-0.15, -0.1) is 0 Å². The Morgan fingerprint density at radius 1 is 1.32 bits per heavy atom. The second kappa shape index (κ2) is 5.69. The minimum atomic E-state index is -0.978. The van der Waals surface area contributed by atoms with Crippen LogP contribution in [0.15, 0.2) is 30.4 Å². The van der Waals surface area contributed by atoms with Crippen molar-refractivity contribution >= 4 is 17.6 Å². The van der Waals surface area contributed by atoms with Crippen LogP contribution < -0.4 is 5.32 Å². The number of aryl methyl sites for hydroxylation is 1. The third-order valence-corrected chi connectivity index (χ3v) is 3.38. The van der Waals surface area contributed by atoms with Gasteiger partial charge in [0.05, 0.1) is 5.56 Å². The Labute approximate surface area is 112 Å². The Kier molecular flexibility index (Phi) is 4.00. The van der Waals surface area contributed by atoms with Crippen molar-refractivity contribution in [3.63, 3.8) is 0 Å². The number of anilines is 1. The molecule has 0 aliphatic heterocycles. The Bertz CT molecular complexity index is 534. The van der Waals surface area contributed by atoms with E-state index in [1.165, 1.54) is 6.07 Å². The third-order valence-electron chi connectivity index (χ3n) is 3.38.